The second-order valence-electron chi connectivity index (χ2n) is 2.22. The lowest BCUT2D eigenvalue weighted by Crippen LogP contribution is -2.40. The first-order valence-corrected chi connectivity index (χ1v) is 2.16. The van der Waals surface area contributed by atoms with Gasteiger partial charge in [0, 0.05) is 0 Å². The van der Waals surface area contributed by atoms with Crippen LogP contribution < -0.4 is 0 Å². The Morgan fingerprint density at radius 1 is 1.12 bits per heavy atom. The van der Waals surface area contributed by atoms with Crippen molar-refractivity contribution in [3.8, 4) is 0 Å². The number of nitrogens with zero attached hydrogens (tertiary/aromatic N) is 1. The van der Waals surface area contributed by atoms with Gasteiger partial charge in [0.25, 0.3) is 0 Å². The van der Waals surface area contributed by atoms with Gasteiger partial charge in [0.15, 0.2) is 13.5 Å². The number of hydrogen-bond donors (Lipinski definition) is 2. The van der Waals surface area contributed by atoms with Crippen molar-refractivity contribution in [3.05, 3.63) is 0 Å². The van der Waals surface area contributed by atoms with Crippen LogP contribution in [0.25, 0.3) is 0 Å². The van der Waals surface area contributed by atoms with Crippen LogP contribution in [0.5, 0.6) is 0 Å². The van der Waals surface area contributed by atoms with Gasteiger partial charge in [-0.05, 0) is 0 Å². The molecule has 0 rings (SSSR count). The highest BCUT2D eigenvalue weighted by atomic mass is 16.3. The van der Waals surface area contributed by atoms with E-state index < -0.39 is 0 Å². The molecule has 0 aliphatic rings. The van der Waals surface area contributed by atoms with Crippen molar-refractivity contribution in [1.82, 2.24) is 0 Å². The van der Waals surface area contributed by atoms with Crippen LogP contribution >= 0.6 is 0 Å². The van der Waals surface area contributed by atoms with Crippen LogP contribution in [0.3, 0.4) is 0 Å². The number of aliphatic hydroxyl groups excluding tert-OH is 2. The summed E-state index contributed by atoms with van der Waals surface area (Å²) in [5, 5.41) is 16.8. The molecule has 0 aliphatic heterocycles. The van der Waals surface area contributed by atoms with Crippen LogP contribution in [0.4, 0.5) is 0 Å². The first kappa shape index (κ1) is 10.8. The monoisotopic (exact) mass is 123 g/mol. The molecule has 0 aromatic rings. The maximum atomic E-state index is 8.41. The summed E-state index contributed by atoms with van der Waals surface area (Å²) in [6.07, 6.45) is 0. The molecule has 0 saturated heterocycles. The topological polar surface area (TPSA) is 70.5 Å². The Kier molecular flexibility index (Phi) is 5.10. The second-order valence-corrected chi connectivity index (χ2v) is 2.22. The third-order valence-electron chi connectivity index (χ3n) is 0.766. The summed E-state index contributed by atoms with van der Waals surface area (Å²) in [4.78, 5) is 0. The maximum absolute atomic E-state index is 8.41. The summed E-state index contributed by atoms with van der Waals surface area (Å²) >= 11 is 0. The van der Waals surface area contributed by atoms with Crippen LogP contribution in [-0.4, -0.2) is 47.7 Å². The Labute approximate surface area is 48.9 Å². The van der Waals surface area contributed by atoms with E-state index in [9.17, 15) is 0 Å². The highest BCUT2D eigenvalue weighted by Crippen LogP contribution is 1.87. The third-order valence-corrected chi connectivity index (χ3v) is 0.766. The number of quaternary nitrogens is 1. The lowest BCUT2D eigenvalue weighted by molar-refractivity contribution is -0.926. The summed E-state index contributed by atoms with van der Waals surface area (Å²) in [5.41, 5.74) is 0. The van der Waals surface area contributed by atoms with Gasteiger partial charge in [-0.3, -0.25) is 4.48 Å². The normalized spacial score (nSPS) is 10.5. The molecule has 52 valence electrons. The van der Waals surface area contributed by atoms with E-state index >= 15 is 0 Å². The first-order valence-electron chi connectivity index (χ1n) is 2.16. The standard InChI is InChI=1S/C4H12NO2.H2O/c1-5(2,3-6)4-7;/h6-7H,3-4H2,1-2H3;1H2/q+1;/p-1. The van der Waals surface area contributed by atoms with Crippen LogP contribution in [-0.2, 0) is 0 Å². The van der Waals surface area contributed by atoms with Crippen molar-refractivity contribution < 1.29 is 20.2 Å². The highest BCUT2D eigenvalue weighted by molar-refractivity contribution is 4.01. The van der Waals surface area contributed by atoms with Gasteiger partial charge >= 0.3 is 0 Å². The minimum absolute atomic E-state index is 0. The average Bonchev–Trinajstić information content (AvgIpc) is 1.68. The van der Waals surface area contributed by atoms with Crippen LogP contribution in [0.15, 0.2) is 0 Å². The average molecular weight is 123 g/mol. The van der Waals surface area contributed by atoms with Crippen LogP contribution in [0.1, 0.15) is 0 Å². The SMILES string of the molecule is C[N+](C)(CO)CO.[OH-]. The molecule has 0 aromatic carbocycles. The van der Waals surface area contributed by atoms with Gasteiger partial charge in [0.1, 0.15) is 0 Å². The zero-order valence-corrected chi connectivity index (χ0v) is 5.20. The highest BCUT2D eigenvalue weighted by Gasteiger charge is 2.07. The molecule has 0 unspecified atom stereocenters. The molecule has 0 aliphatic carbocycles. The summed E-state index contributed by atoms with van der Waals surface area (Å²) in [6.45, 7) is -0.0347. The van der Waals surface area contributed by atoms with E-state index in [1.807, 2.05) is 0 Å². The minimum atomic E-state index is -0.0174. The molecule has 0 fully saturated rings. The molecule has 0 saturated carbocycles. The Balaban J connectivity index is 0. The van der Waals surface area contributed by atoms with E-state index in [1.165, 1.54) is 0 Å². The molecule has 0 atom stereocenters. The van der Waals surface area contributed by atoms with E-state index in [1.54, 1.807) is 14.1 Å². The zero-order chi connectivity index (χ0) is 5.91. The van der Waals surface area contributed by atoms with E-state index in [0.29, 0.717) is 0 Å². The fourth-order valence-electron chi connectivity index (χ4n) is 0.0447. The van der Waals surface area contributed by atoms with Crippen LogP contribution in [0.2, 0.25) is 0 Å². The third kappa shape index (κ3) is 4.01. The van der Waals surface area contributed by atoms with Crippen molar-refractivity contribution in [2.75, 3.05) is 27.6 Å². The Morgan fingerprint density at radius 3 is 1.38 bits per heavy atom. The predicted molar refractivity (Wildman–Crippen MR) is 28.2 cm³/mol. The van der Waals surface area contributed by atoms with Crippen molar-refractivity contribution in [1.29, 1.82) is 0 Å². The largest absolute Gasteiger partial charge is 0.870 e. The molecule has 0 spiro atoms. The molecule has 3 N–H and O–H groups in total. The van der Waals surface area contributed by atoms with E-state index in [-0.39, 0.29) is 23.4 Å². The van der Waals surface area contributed by atoms with Gasteiger partial charge in [-0.2, -0.15) is 0 Å². The molecular formula is C4H13NO3. The number of hydrogen-bond acceptors (Lipinski definition) is 3. The predicted octanol–water partition coefficient (Wildman–Crippen LogP) is -1.21. The van der Waals surface area contributed by atoms with E-state index in [4.69, 9.17) is 10.2 Å². The second kappa shape index (κ2) is 3.80. The smallest absolute Gasteiger partial charge is 0.181 e. The molecule has 4 heteroatoms. The molecule has 8 heavy (non-hydrogen) atoms. The molecule has 0 radical (unpaired) electrons. The summed E-state index contributed by atoms with van der Waals surface area (Å²) in [5.74, 6) is 0. The Hall–Kier alpha value is -0.160. The molecule has 0 bridgehead atoms. The zero-order valence-electron chi connectivity index (χ0n) is 5.20. The lowest BCUT2D eigenvalue weighted by Gasteiger charge is -2.22. The van der Waals surface area contributed by atoms with Gasteiger partial charge in [0.2, 0.25) is 0 Å². The van der Waals surface area contributed by atoms with Crippen molar-refractivity contribution in [2.45, 2.75) is 0 Å². The van der Waals surface area contributed by atoms with Gasteiger partial charge in [0.05, 0.1) is 14.1 Å². The summed E-state index contributed by atoms with van der Waals surface area (Å²) < 4.78 is 0.250. The Morgan fingerprint density at radius 2 is 1.38 bits per heavy atom. The number of rotatable bonds is 2. The van der Waals surface area contributed by atoms with Gasteiger partial charge in [-0.25, -0.2) is 0 Å². The lowest BCUT2D eigenvalue weighted by atomic mass is 10.7. The van der Waals surface area contributed by atoms with Gasteiger partial charge < -0.3 is 15.7 Å². The fourth-order valence-corrected chi connectivity index (χ4v) is 0.0447. The van der Waals surface area contributed by atoms with E-state index in [2.05, 4.69) is 0 Å². The van der Waals surface area contributed by atoms with Gasteiger partial charge in [-0.15, -0.1) is 0 Å². The van der Waals surface area contributed by atoms with Crippen molar-refractivity contribution in [2.24, 2.45) is 0 Å². The van der Waals surface area contributed by atoms with Crippen LogP contribution in [0, 0.1) is 0 Å². The summed E-state index contributed by atoms with van der Waals surface area (Å²) in [6, 6.07) is 0. The minimum Gasteiger partial charge on any atom is -0.870 e. The maximum Gasteiger partial charge on any atom is 0.181 e. The summed E-state index contributed by atoms with van der Waals surface area (Å²) in [7, 11) is 3.47. The van der Waals surface area contributed by atoms with E-state index in [0.717, 1.165) is 0 Å². The van der Waals surface area contributed by atoms with Crippen molar-refractivity contribution in [3.63, 3.8) is 0 Å². The molecule has 0 amide bonds. The number of aliphatic hydroxyl groups is 2. The fraction of sp³-hybridized carbons (Fsp3) is 1.00. The molecular weight excluding hydrogens is 110 g/mol. The molecule has 0 heterocycles. The first-order chi connectivity index (χ1) is 3.12. The quantitative estimate of drug-likeness (QED) is 0.357. The molecule has 4 nitrogen and oxygen atoms in total. The Bertz CT molecular complexity index is 49.2. The van der Waals surface area contributed by atoms with Crippen molar-refractivity contribution >= 4 is 0 Å². The molecule has 0 aromatic heterocycles. The van der Waals surface area contributed by atoms with Gasteiger partial charge in [-0.1, -0.05) is 0 Å².